The maximum Gasteiger partial charge on any atom is 0.338 e. The molecule has 0 radical (unpaired) electrons. The molecule has 0 unspecified atom stereocenters. The highest BCUT2D eigenvalue weighted by molar-refractivity contribution is 5.90. The molecule has 0 aliphatic heterocycles. The maximum absolute atomic E-state index is 11.7. The van der Waals surface area contributed by atoms with E-state index in [0.717, 1.165) is 24.1 Å². The molecule has 0 spiro atoms. The summed E-state index contributed by atoms with van der Waals surface area (Å²) in [6.07, 6.45) is 3.81. The van der Waals surface area contributed by atoms with Crippen LogP contribution in [0.5, 0.6) is 0 Å². The lowest BCUT2D eigenvalue weighted by Gasteiger charge is -2.04. The van der Waals surface area contributed by atoms with E-state index in [4.69, 9.17) is 4.74 Å². The molecule has 3 nitrogen and oxygen atoms in total. The van der Waals surface area contributed by atoms with Crippen molar-refractivity contribution < 1.29 is 9.53 Å². The zero-order valence-corrected chi connectivity index (χ0v) is 10.5. The number of unbranched alkanes of at least 4 members (excludes halogenated alkanes) is 1. The average molecular weight is 243 g/mol. The summed E-state index contributed by atoms with van der Waals surface area (Å²) in [6, 6.07) is 11.4. The van der Waals surface area contributed by atoms with Crippen molar-refractivity contribution in [3.63, 3.8) is 0 Å². The van der Waals surface area contributed by atoms with E-state index < -0.39 is 0 Å². The third kappa shape index (κ3) is 3.00. The standard InChI is InChI=1S/C15H17NO2/c1-2-3-11-18-15(17)13-8-6-12(7-9-13)14-5-4-10-16-14/h4-10,16H,2-3,11H2,1H3. The van der Waals surface area contributed by atoms with Crippen LogP contribution in [0.15, 0.2) is 42.6 Å². The normalized spacial score (nSPS) is 10.3. The van der Waals surface area contributed by atoms with Crippen molar-refractivity contribution in [1.29, 1.82) is 0 Å². The smallest absolute Gasteiger partial charge is 0.338 e. The maximum atomic E-state index is 11.7. The lowest BCUT2D eigenvalue weighted by Crippen LogP contribution is -2.06. The second-order valence-electron chi connectivity index (χ2n) is 4.15. The van der Waals surface area contributed by atoms with Crippen molar-refractivity contribution in [2.24, 2.45) is 0 Å². The van der Waals surface area contributed by atoms with Gasteiger partial charge in [0.05, 0.1) is 12.2 Å². The number of H-pyrrole nitrogens is 1. The van der Waals surface area contributed by atoms with E-state index in [2.05, 4.69) is 11.9 Å². The minimum atomic E-state index is -0.249. The fraction of sp³-hybridized carbons (Fsp3) is 0.267. The van der Waals surface area contributed by atoms with Gasteiger partial charge in [0.1, 0.15) is 0 Å². The Morgan fingerprint density at radius 3 is 2.61 bits per heavy atom. The van der Waals surface area contributed by atoms with Crippen molar-refractivity contribution in [3.8, 4) is 11.3 Å². The monoisotopic (exact) mass is 243 g/mol. The van der Waals surface area contributed by atoms with Crippen molar-refractivity contribution >= 4 is 5.97 Å². The molecule has 1 N–H and O–H groups in total. The molecule has 0 aliphatic carbocycles. The number of carbonyl (C=O) groups is 1. The molecule has 1 heterocycles. The predicted octanol–water partition coefficient (Wildman–Crippen LogP) is 3.64. The first-order valence-corrected chi connectivity index (χ1v) is 6.22. The van der Waals surface area contributed by atoms with Gasteiger partial charge in [-0.1, -0.05) is 25.5 Å². The lowest BCUT2D eigenvalue weighted by molar-refractivity contribution is 0.0500. The first-order chi connectivity index (χ1) is 8.81. The van der Waals surface area contributed by atoms with Gasteiger partial charge in [-0.2, -0.15) is 0 Å². The topological polar surface area (TPSA) is 42.1 Å². The molecule has 0 amide bonds. The Labute approximate surface area is 107 Å². The Morgan fingerprint density at radius 2 is 2.00 bits per heavy atom. The predicted molar refractivity (Wildman–Crippen MR) is 71.4 cm³/mol. The Kier molecular flexibility index (Phi) is 4.18. The summed E-state index contributed by atoms with van der Waals surface area (Å²) in [6.45, 7) is 2.56. The van der Waals surface area contributed by atoms with Gasteiger partial charge >= 0.3 is 5.97 Å². The fourth-order valence-corrected chi connectivity index (χ4v) is 1.69. The van der Waals surface area contributed by atoms with Crippen LogP contribution in [0.2, 0.25) is 0 Å². The highest BCUT2D eigenvalue weighted by atomic mass is 16.5. The van der Waals surface area contributed by atoms with Crippen LogP contribution >= 0.6 is 0 Å². The van der Waals surface area contributed by atoms with Crippen LogP contribution < -0.4 is 0 Å². The van der Waals surface area contributed by atoms with Gasteiger partial charge < -0.3 is 9.72 Å². The summed E-state index contributed by atoms with van der Waals surface area (Å²) in [7, 11) is 0. The first-order valence-electron chi connectivity index (χ1n) is 6.22. The van der Waals surface area contributed by atoms with Crippen LogP contribution in [-0.4, -0.2) is 17.6 Å². The molecule has 0 fully saturated rings. The van der Waals surface area contributed by atoms with Gasteiger partial charge in [-0.15, -0.1) is 0 Å². The molecule has 1 aromatic carbocycles. The molecule has 18 heavy (non-hydrogen) atoms. The molecular weight excluding hydrogens is 226 g/mol. The van der Waals surface area contributed by atoms with Crippen molar-refractivity contribution in [1.82, 2.24) is 4.98 Å². The SMILES string of the molecule is CCCCOC(=O)c1ccc(-c2ccc[nH]2)cc1. The van der Waals surface area contributed by atoms with Crippen LogP contribution in [0.4, 0.5) is 0 Å². The minimum Gasteiger partial charge on any atom is -0.462 e. The number of rotatable bonds is 5. The number of hydrogen-bond donors (Lipinski definition) is 1. The molecule has 2 rings (SSSR count). The molecule has 1 aromatic heterocycles. The number of hydrogen-bond acceptors (Lipinski definition) is 2. The van der Waals surface area contributed by atoms with Crippen molar-refractivity contribution in [2.75, 3.05) is 6.61 Å². The molecule has 2 aromatic rings. The van der Waals surface area contributed by atoms with Crippen LogP contribution in [0, 0.1) is 0 Å². The molecule has 0 atom stereocenters. The van der Waals surface area contributed by atoms with E-state index in [-0.39, 0.29) is 5.97 Å². The van der Waals surface area contributed by atoms with E-state index in [9.17, 15) is 4.79 Å². The Balaban J connectivity index is 2.01. The highest BCUT2D eigenvalue weighted by Gasteiger charge is 2.07. The average Bonchev–Trinajstić information content (AvgIpc) is 2.93. The molecule has 3 heteroatoms. The number of esters is 1. The van der Waals surface area contributed by atoms with E-state index in [1.165, 1.54) is 0 Å². The van der Waals surface area contributed by atoms with E-state index >= 15 is 0 Å². The van der Waals surface area contributed by atoms with E-state index in [0.29, 0.717) is 12.2 Å². The van der Waals surface area contributed by atoms with Crippen LogP contribution in [0.3, 0.4) is 0 Å². The Hall–Kier alpha value is -2.03. The molecular formula is C15H17NO2. The summed E-state index contributed by atoms with van der Waals surface area (Å²) in [4.78, 5) is 14.8. The van der Waals surface area contributed by atoms with E-state index in [1.54, 1.807) is 12.1 Å². The summed E-state index contributed by atoms with van der Waals surface area (Å²) < 4.78 is 5.15. The summed E-state index contributed by atoms with van der Waals surface area (Å²) >= 11 is 0. The first kappa shape index (κ1) is 12.4. The number of ether oxygens (including phenoxy) is 1. The zero-order valence-electron chi connectivity index (χ0n) is 10.5. The summed E-state index contributed by atoms with van der Waals surface area (Å²) in [5.41, 5.74) is 2.70. The number of nitrogens with one attached hydrogen (secondary N) is 1. The minimum absolute atomic E-state index is 0.249. The Morgan fingerprint density at radius 1 is 1.22 bits per heavy atom. The zero-order chi connectivity index (χ0) is 12.8. The molecule has 0 saturated carbocycles. The van der Waals surface area contributed by atoms with Gasteiger partial charge in [-0.3, -0.25) is 0 Å². The van der Waals surface area contributed by atoms with Gasteiger partial charge in [0.15, 0.2) is 0 Å². The molecule has 0 bridgehead atoms. The van der Waals surface area contributed by atoms with Gasteiger partial charge in [0.2, 0.25) is 0 Å². The number of benzene rings is 1. The lowest BCUT2D eigenvalue weighted by atomic mass is 10.1. The van der Waals surface area contributed by atoms with Crippen molar-refractivity contribution in [3.05, 3.63) is 48.2 Å². The molecule has 0 aliphatic rings. The van der Waals surface area contributed by atoms with Crippen LogP contribution in [-0.2, 0) is 4.74 Å². The number of aromatic amines is 1. The third-order valence-corrected chi connectivity index (χ3v) is 2.76. The summed E-state index contributed by atoms with van der Waals surface area (Å²) in [5, 5.41) is 0. The number of carbonyl (C=O) groups excluding carboxylic acids is 1. The van der Waals surface area contributed by atoms with Gasteiger partial charge in [-0.05, 0) is 36.2 Å². The number of aromatic nitrogens is 1. The highest BCUT2D eigenvalue weighted by Crippen LogP contribution is 2.17. The van der Waals surface area contributed by atoms with Gasteiger partial charge in [0.25, 0.3) is 0 Å². The van der Waals surface area contributed by atoms with Gasteiger partial charge in [-0.25, -0.2) is 4.79 Å². The summed E-state index contributed by atoms with van der Waals surface area (Å²) in [5.74, 6) is -0.249. The Bertz CT molecular complexity index is 486. The largest absolute Gasteiger partial charge is 0.462 e. The van der Waals surface area contributed by atoms with E-state index in [1.807, 2.05) is 30.5 Å². The molecule has 0 saturated heterocycles. The van der Waals surface area contributed by atoms with Crippen LogP contribution in [0.25, 0.3) is 11.3 Å². The second kappa shape index (κ2) is 6.05. The fourth-order valence-electron chi connectivity index (χ4n) is 1.69. The second-order valence-corrected chi connectivity index (χ2v) is 4.15. The van der Waals surface area contributed by atoms with Crippen molar-refractivity contribution in [2.45, 2.75) is 19.8 Å². The third-order valence-electron chi connectivity index (χ3n) is 2.76. The van der Waals surface area contributed by atoms with Gasteiger partial charge in [0, 0.05) is 11.9 Å². The van der Waals surface area contributed by atoms with Crippen LogP contribution in [0.1, 0.15) is 30.1 Å². The molecule has 94 valence electrons. The quantitative estimate of drug-likeness (QED) is 0.643.